The predicted octanol–water partition coefficient (Wildman–Crippen LogP) is 3.72. The minimum Gasteiger partial charge on any atom is -0.482 e. The molecule has 0 saturated heterocycles. The molecule has 0 radical (unpaired) electrons. The van der Waals surface area contributed by atoms with Gasteiger partial charge in [-0.15, -0.1) is 0 Å². The second-order valence-corrected chi connectivity index (χ2v) is 7.60. The molecule has 0 aliphatic carbocycles. The summed E-state index contributed by atoms with van der Waals surface area (Å²) in [6, 6.07) is 12.8. The van der Waals surface area contributed by atoms with Gasteiger partial charge in [-0.2, -0.15) is 0 Å². The van der Waals surface area contributed by atoms with Gasteiger partial charge in [-0.1, -0.05) is 46.3 Å². The summed E-state index contributed by atoms with van der Waals surface area (Å²) < 4.78 is 16.6. The number of hydrogen-bond acceptors (Lipinski definition) is 6. The number of urea groups is 1. The third kappa shape index (κ3) is 5.47. The molecule has 0 saturated carbocycles. The molecule has 1 atom stereocenters. The van der Waals surface area contributed by atoms with Crippen LogP contribution in [-0.4, -0.2) is 37.8 Å². The van der Waals surface area contributed by atoms with E-state index in [1.54, 1.807) is 56.3 Å². The monoisotopic (exact) mass is 502 g/mol. The molecule has 0 bridgehead atoms. The van der Waals surface area contributed by atoms with Crippen LogP contribution in [0.3, 0.4) is 0 Å². The highest BCUT2D eigenvalue weighted by Crippen LogP contribution is 2.37. The van der Waals surface area contributed by atoms with Crippen LogP contribution in [0.15, 0.2) is 58.6 Å². The minimum atomic E-state index is -0.882. The molecule has 168 valence electrons. The average Bonchev–Trinajstić information content (AvgIpc) is 2.78. The van der Waals surface area contributed by atoms with E-state index in [2.05, 4.69) is 26.6 Å². The van der Waals surface area contributed by atoms with Crippen molar-refractivity contribution in [3.8, 4) is 5.75 Å². The number of hydrogen-bond donors (Lipinski definition) is 2. The van der Waals surface area contributed by atoms with E-state index in [-0.39, 0.29) is 25.4 Å². The normalized spacial score (nSPS) is 15.5. The fourth-order valence-corrected chi connectivity index (χ4v) is 3.65. The molecule has 1 heterocycles. The van der Waals surface area contributed by atoms with Crippen LogP contribution < -0.4 is 15.4 Å². The van der Waals surface area contributed by atoms with Crippen LogP contribution in [0.25, 0.3) is 5.70 Å². The molecule has 2 N–H and O–H groups in total. The zero-order valence-electron chi connectivity index (χ0n) is 17.6. The first kappa shape index (κ1) is 23.3. The molecular formula is C23H23BrN2O6. The Labute approximate surface area is 194 Å². The number of amides is 2. The fourth-order valence-electron chi connectivity index (χ4n) is 3.27. The molecule has 0 unspecified atom stereocenters. The number of carbonyl (C=O) groups is 3. The molecule has 1 aliphatic heterocycles. The zero-order chi connectivity index (χ0) is 23.1. The number of rotatable bonds is 8. The Balaban J connectivity index is 2.12. The quantitative estimate of drug-likeness (QED) is 0.533. The zero-order valence-corrected chi connectivity index (χ0v) is 19.2. The molecule has 2 aromatic rings. The van der Waals surface area contributed by atoms with Gasteiger partial charge in [-0.3, -0.25) is 0 Å². The highest BCUT2D eigenvalue weighted by atomic mass is 79.9. The summed E-state index contributed by atoms with van der Waals surface area (Å²) in [6.45, 7) is 3.49. The number of carbonyl (C=O) groups excluding carboxylic acids is 3. The highest BCUT2D eigenvalue weighted by Gasteiger charge is 2.36. The van der Waals surface area contributed by atoms with Crippen LogP contribution >= 0.6 is 15.9 Å². The predicted molar refractivity (Wildman–Crippen MR) is 121 cm³/mol. The average molecular weight is 503 g/mol. The summed E-state index contributed by atoms with van der Waals surface area (Å²) in [5, 5.41) is 5.50. The van der Waals surface area contributed by atoms with E-state index in [0.29, 0.717) is 27.0 Å². The Bertz CT molecular complexity index is 1040. The van der Waals surface area contributed by atoms with Gasteiger partial charge < -0.3 is 24.8 Å². The number of benzene rings is 2. The summed E-state index contributed by atoms with van der Waals surface area (Å²) in [5.74, 6) is -0.787. The van der Waals surface area contributed by atoms with Crippen molar-refractivity contribution in [3.63, 3.8) is 0 Å². The lowest BCUT2D eigenvalue weighted by Crippen LogP contribution is -2.45. The van der Waals surface area contributed by atoms with Gasteiger partial charge in [-0.05, 0) is 37.6 Å². The van der Waals surface area contributed by atoms with Crippen molar-refractivity contribution in [2.24, 2.45) is 0 Å². The van der Waals surface area contributed by atoms with Gasteiger partial charge in [0.05, 0.1) is 30.5 Å². The number of halogens is 1. The second-order valence-electron chi connectivity index (χ2n) is 6.68. The Morgan fingerprint density at radius 3 is 2.44 bits per heavy atom. The molecule has 9 heteroatoms. The maximum absolute atomic E-state index is 13.0. The molecule has 0 spiro atoms. The third-order valence-corrected chi connectivity index (χ3v) is 5.06. The van der Waals surface area contributed by atoms with Gasteiger partial charge in [0.1, 0.15) is 5.75 Å². The van der Waals surface area contributed by atoms with Gasteiger partial charge in [-0.25, -0.2) is 14.4 Å². The van der Waals surface area contributed by atoms with Gasteiger partial charge >= 0.3 is 18.0 Å². The molecule has 32 heavy (non-hydrogen) atoms. The van der Waals surface area contributed by atoms with Crippen molar-refractivity contribution in [2.75, 3.05) is 19.8 Å². The first-order valence-corrected chi connectivity index (χ1v) is 10.9. The fraction of sp³-hybridized carbons (Fsp3) is 0.261. The van der Waals surface area contributed by atoms with Crippen molar-refractivity contribution >= 4 is 39.6 Å². The number of nitrogens with one attached hydrogen (secondary N) is 2. The van der Waals surface area contributed by atoms with Crippen LogP contribution in [0.2, 0.25) is 0 Å². The molecule has 3 rings (SSSR count). The van der Waals surface area contributed by atoms with Gasteiger partial charge in [0.25, 0.3) is 0 Å². The standard InChI is InChI=1S/C23H23BrN2O6/c1-3-30-18(27)13-32-17-11-10-15(24)12-16(17)21-19(22(28)31-4-2)20(25-23(29)26-21)14-8-6-5-7-9-14/h5-12,21H,3-4,13H2,1-2H3,(H2,25,26,29)/t21-/m1/s1. The summed E-state index contributed by atoms with van der Waals surface area (Å²) >= 11 is 3.42. The summed E-state index contributed by atoms with van der Waals surface area (Å²) in [6.07, 6.45) is 0. The Morgan fingerprint density at radius 2 is 1.75 bits per heavy atom. The lowest BCUT2D eigenvalue weighted by atomic mass is 9.92. The van der Waals surface area contributed by atoms with E-state index in [1.165, 1.54) is 0 Å². The van der Waals surface area contributed by atoms with Crippen LogP contribution in [0.5, 0.6) is 5.75 Å². The lowest BCUT2D eigenvalue weighted by Gasteiger charge is -2.30. The van der Waals surface area contributed by atoms with Crippen LogP contribution in [0.1, 0.15) is 31.0 Å². The van der Waals surface area contributed by atoms with Crippen LogP contribution in [-0.2, 0) is 19.1 Å². The second kappa shape index (κ2) is 10.8. The van der Waals surface area contributed by atoms with Crippen molar-refractivity contribution in [2.45, 2.75) is 19.9 Å². The Hall–Kier alpha value is -3.33. The van der Waals surface area contributed by atoms with E-state index < -0.39 is 24.0 Å². The maximum atomic E-state index is 13.0. The topological polar surface area (TPSA) is 103 Å². The largest absolute Gasteiger partial charge is 0.482 e. The van der Waals surface area contributed by atoms with Gasteiger partial charge in [0, 0.05) is 10.0 Å². The van der Waals surface area contributed by atoms with E-state index in [4.69, 9.17) is 14.2 Å². The third-order valence-electron chi connectivity index (χ3n) is 4.56. The Kier molecular flexibility index (Phi) is 7.88. The SMILES string of the molecule is CCOC(=O)COc1ccc(Br)cc1[C@H]1NC(=O)NC(c2ccccc2)=C1C(=O)OCC. The van der Waals surface area contributed by atoms with Gasteiger partial charge in [0.15, 0.2) is 6.61 Å². The lowest BCUT2D eigenvalue weighted by molar-refractivity contribution is -0.145. The molecular weight excluding hydrogens is 480 g/mol. The maximum Gasteiger partial charge on any atom is 0.344 e. The molecule has 2 aromatic carbocycles. The van der Waals surface area contributed by atoms with Crippen molar-refractivity contribution in [1.82, 2.24) is 10.6 Å². The first-order valence-electron chi connectivity index (χ1n) is 10.1. The molecule has 2 amide bonds. The molecule has 8 nitrogen and oxygen atoms in total. The first-order chi connectivity index (χ1) is 15.4. The molecule has 1 aliphatic rings. The number of esters is 2. The van der Waals surface area contributed by atoms with E-state index >= 15 is 0 Å². The minimum absolute atomic E-state index is 0.162. The molecule has 0 aromatic heterocycles. The summed E-state index contributed by atoms with van der Waals surface area (Å²) in [4.78, 5) is 37.4. The van der Waals surface area contributed by atoms with E-state index in [0.717, 1.165) is 0 Å². The Morgan fingerprint density at radius 1 is 1.03 bits per heavy atom. The van der Waals surface area contributed by atoms with Crippen LogP contribution in [0.4, 0.5) is 4.79 Å². The van der Waals surface area contributed by atoms with E-state index in [9.17, 15) is 14.4 Å². The van der Waals surface area contributed by atoms with Crippen molar-refractivity contribution < 1.29 is 28.6 Å². The molecule has 0 fully saturated rings. The van der Waals surface area contributed by atoms with E-state index in [1.807, 2.05) is 6.07 Å². The van der Waals surface area contributed by atoms with Crippen LogP contribution in [0, 0.1) is 0 Å². The highest BCUT2D eigenvalue weighted by molar-refractivity contribution is 9.10. The summed E-state index contributed by atoms with van der Waals surface area (Å²) in [5.41, 5.74) is 1.69. The van der Waals surface area contributed by atoms with Crippen molar-refractivity contribution in [3.05, 3.63) is 69.7 Å². The number of ether oxygens (including phenoxy) is 3. The van der Waals surface area contributed by atoms with Crippen molar-refractivity contribution in [1.29, 1.82) is 0 Å². The summed E-state index contributed by atoms with van der Waals surface area (Å²) in [7, 11) is 0. The van der Waals surface area contributed by atoms with Gasteiger partial charge in [0.2, 0.25) is 0 Å². The smallest absolute Gasteiger partial charge is 0.344 e.